The summed E-state index contributed by atoms with van der Waals surface area (Å²) in [5.41, 5.74) is 0.937. The molecule has 0 amide bonds. The maximum atomic E-state index is 11.4. The average molecular weight is 256 g/mol. The number of hydrogen-bond acceptors (Lipinski definition) is 3. The molecule has 96 valence electrons. The number of hydrogen-bond donors (Lipinski definition) is 1. The maximum Gasteiger partial charge on any atom is 0.333 e. The van der Waals surface area contributed by atoms with Crippen LogP contribution in [-0.2, 0) is 4.79 Å². The molecule has 0 heterocycles. The monoisotopic (exact) mass is 256 g/mol. The number of nitroso groups, excluding NO2 is 1. The summed E-state index contributed by atoms with van der Waals surface area (Å²) in [5.74, 6) is -1.13. The topological polar surface area (TPSA) is 70.0 Å². The van der Waals surface area contributed by atoms with Gasteiger partial charge >= 0.3 is 5.97 Å². The summed E-state index contributed by atoms with van der Waals surface area (Å²) >= 11 is 0. The van der Waals surface area contributed by atoms with Gasteiger partial charge in [-0.2, -0.15) is 0 Å². The smallest absolute Gasteiger partial charge is 0.333 e. The van der Waals surface area contributed by atoms with E-state index in [-0.39, 0.29) is 0 Å². The van der Waals surface area contributed by atoms with Crippen LogP contribution in [-0.4, -0.2) is 11.1 Å². The summed E-state index contributed by atoms with van der Waals surface area (Å²) in [4.78, 5) is 22.5. The van der Waals surface area contributed by atoms with Gasteiger partial charge in [0.15, 0.2) is 6.04 Å². The van der Waals surface area contributed by atoms with Gasteiger partial charge in [-0.15, -0.1) is 4.91 Å². The predicted octanol–water partition coefficient (Wildman–Crippen LogP) is 3.00. The summed E-state index contributed by atoms with van der Waals surface area (Å²) in [6, 6.07) is 15.9. The highest BCUT2D eigenvalue weighted by atomic mass is 16.4. The van der Waals surface area contributed by atoms with Crippen molar-refractivity contribution in [2.45, 2.75) is 6.04 Å². The molecule has 0 aliphatic heterocycles. The zero-order chi connectivity index (χ0) is 13.7. The fourth-order valence-electron chi connectivity index (χ4n) is 1.85. The van der Waals surface area contributed by atoms with Crippen LogP contribution in [0.3, 0.4) is 0 Å². The van der Waals surface area contributed by atoms with Crippen molar-refractivity contribution in [2.24, 2.45) is 5.29 Å². The second-order valence-electron chi connectivity index (χ2n) is 3.91. The molecule has 5 heteroatoms. The molecular weight excluding hydrogens is 244 g/mol. The highest BCUT2D eigenvalue weighted by Crippen LogP contribution is 2.27. The van der Waals surface area contributed by atoms with Crippen molar-refractivity contribution in [2.75, 3.05) is 5.01 Å². The molecule has 2 aromatic carbocycles. The van der Waals surface area contributed by atoms with E-state index in [0.29, 0.717) is 11.3 Å². The number of benzene rings is 2. The van der Waals surface area contributed by atoms with Gasteiger partial charge in [-0.05, 0) is 17.7 Å². The SMILES string of the molecule is O=NN(c1ccccc1)C(C(=O)O)c1ccccc1. The lowest BCUT2D eigenvalue weighted by atomic mass is 10.1. The van der Waals surface area contributed by atoms with Gasteiger partial charge in [0.2, 0.25) is 0 Å². The van der Waals surface area contributed by atoms with Crippen molar-refractivity contribution in [3.63, 3.8) is 0 Å². The Morgan fingerprint density at radius 3 is 2.00 bits per heavy atom. The molecule has 0 bridgehead atoms. The first-order valence-electron chi connectivity index (χ1n) is 5.69. The maximum absolute atomic E-state index is 11.4. The third kappa shape index (κ3) is 2.77. The molecule has 0 aliphatic rings. The van der Waals surface area contributed by atoms with E-state index in [1.54, 1.807) is 60.7 Å². The summed E-state index contributed by atoms with van der Waals surface area (Å²) < 4.78 is 0. The molecule has 0 radical (unpaired) electrons. The molecule has 0 saturated heterocycles. The Balaban J connectivity index is 2.43. The number of rotatable bonds is 5. The van der Waals surface area contributed by atoms with E-state index in [1.807, 2.05) is 0 Å². The van der Waals surface area contributed by atoms with E-state index < -0.39 is 12.0 Å². The van der Waals surface area contributed by atoms with Crippen molar-refractivity contribution >= 4 is 11.7 Å². The molecule has 0 spiro atoms. The lowest BCUT2D eigenvalue weighted by Gasteiger charge is -2.23. The normalized spacial score (nSPS) is 11.6. The quantitative estimate of drug-likeness (QED) is 0.659. The molecule has 0 saturated carbocycles. The highest BCUT2D eigenvalue weighted by molar-refractivity contribution is 5.79. The molecule has 1 atom stereocenters. The third-order valence-electron chi connectivity index (χ3n) is 2.70. The van der Waals surface area contributed by atoms with Crippen LogP contribution < -0.4 is 5.01 Å². The van der Waals surface area contributed by atoms with Crippen LogP contribution in [0.5, 0.6) is 0 Å². The summed E-state index contributed by atoms with van der Waals surface area (Å²) in [6.07, 6.45) is 0. The number of para-hydroxylation sites is 1. The number of anilines is 1. The van der Waals surface area contributed by atoms with E-state index >= 15 is 0 Å². The number of aliphatic carboxylic acids is 1. The minimum Gasteiger partial charge on any atom is -0.479 e. The minimum absolute atomic E-state index is 0.439. The first kappa shape index (κ1) is 12.8. The summed E-state index contributed by atoms with van der Waals surface area (Å²) in [7, 11) is 0. The molecule has 0 aromatic heterocycles. The van der Waals surface area contributed by atoms with Gasteiger partial charge in [0, 0.05) is 0 Å². The average Bonchev–Trinajstić information content (AvgIpc) is 2.46. The minimum atomic E-state index is -1.14. The van der Waals surface area contributed by atoms with Crippen LogP contribution in [0.25, 0.3) is 0 Å². The zero-order valence-electron chi connectivity index (χ0n) is 10.0. The fourth-order valence-corrected chi connectivity index (χ4v) is 1.85. The van der Waals surface area contributed by atoms with Crippen molar-refractivity contribution in [3.05, 3.63) is 71.1 Å². The molecule has 0 aliphatic carbocycles. The van der Waals surface area contributed by atoms with Crippen LogP contribution in [0, 0.1) is 4.91 Å². The Kier molecular flexibility index (Phi) is 3.87. The van der Waals surface area contributed by atoms with Crippen LogP contribution in [0.15, 0.2) is 65.9 Å². The second-order valence-corrected chi connectivity index (χ2v) is 3.91. The van der Waals surface area contributed by atoms with E-state index in [0.717, 1.165) is 5.01 Å². The molecule has 1 unspecified atom stereocenters. The lowest BCUT2D eigenvalue weighted by Crippen LogP contribution is -2.29. The van der Waals surface area contributed by atoms with Gasteiger partial charge < -0.3 is 5.11 Å². The Morgan fingerprint density at radius 2 is 1.53 bits per heavy atom. The Labute approximate surface area is 110 Å². The molecule has 2 aromatic rings. The first-order valence-corrected chi connectivity index (χ1v) is 5.69. The summed E-state index contributed by atoms with van der Waals surface area (Å²) in [5, 5.41) is 13.2. The van der Waals surface area contributed by atoms with Crippen LogP contribution in [0.2, 0.25) is 0 Å². The molecule has 19 heavy (non-hydrogen) atoms. The van der Waals surface area contributed by atoms with Crippen molar-refractivity contribution < 1.29 is 9.90 Å². The van der Waals surface area contributed by atoms with E-state index in [2.05, 4.69) is 5.29 Å². The summed E-state index contributed by atoms with van der Waals surface area (Å²) in [6.45, 7) is 0. The standard InChI is InChI=1S/C14H12N2O3/c17-14(18)13(11-7-3-1-4-8-11)16(15-19)12-9-5-2-6-10-12/h1-10,13H,(H,17,18). The van der Waals surface area contributed by atoms with Crippen LogP contribution in [0.1, 0.15) is 11.6 Å². The Bertz CT molecular complexity index is 557. The number of carboxylic acids is 1. The van der Waals surface area contributed by atoms with Gasteiger partial charge in [-0.1, -0.05) is 48.5 Å². The lowest BCUT2D eigenvalue weighted by molar-refractivity contribution is -0.138. The van der Waals surface area contributed by atoms with Gasteiger partial charge in [0.25, 0.3) is 0 Å². The van der Waals surface area contributed by atoms with Crippen molar-refractivity contribution in [1.82, 2.24) is 0 Å². The third-order valence-corrected chi connectivity index (χ3v) is 2.70. The highest BCUT2D eigenvalue weighted by Gasteiger charge is 2.28. The first-order chi connectivity index (χ1) is 9.24. The second kappa shape index (κ2) is 5.77. The van der Waals surface area contributed by atoms with Crippen LogP contribution >= 0.6 is 0 Å². The van der Waals surface area contributed by atoms with Gasteiger partial charge in [-0.25, -0.2) is 9.80 Å². The molecule has 1 N–H and O–H groups in total. The van der Waals surface area contributed by atoms with Gasteiger partial charge in [-0.3, -0.25) is 0 Å². The number of carbonyl (C=O) groups is 1. The fraction of sp³-hybridized carbons (Fsp3) is 0.0714. The van der Waals surface area contributed by atoms with E-state index in [1.165, 1.54) is 0 Å². The zero-order valence-corrected chi connectivity index (χ0v) is 10.0. The van der Waals surface area contributed by atoms with E-state index in [9.17, 15) is 14.8 Å². The van der Waals surface area contributed by atoms with Crippen molar-refractivity contribution in [1.29, 1.82) is 0 Å². The Morgan fingerprint density at radius 1 is 1.00 bits per heavy atom. The molecule has 0 fully saturated rings. The van der Waals surface area contributed by atoms with Crippen LogP contribution in [0.4, 0.5) is 5.69 Å². The molecule has 2 rings (SSSR count). The molecule has 5 nitrogen and oxygen atoms in total. The van der Waals surface area contributed by atoms with E-state index in [4.69, 9.17) is 0 Å². The largest absolute Gasteiger partial charge is 0.479 e. The van der Waals surface area contributed by atoms with Gasteiger partial charge in [0.05, 0.1) is 11.0 Å². The van der Waals surface area contributed by atoms with Crippen molar-refractivity contribution in [3.8, 4) is 0 Å². The Hall–Kier alpha value is -2.69. The van der Waals surface area contributed by atoms with Gasteiger partial charge in [0.1, 0.15) is 0 Å². The predicted molar refractivity (Wildman–Crippen MR) is 71.5 cm³/mol. The molecular formula is C14H12N2O3. The number of nitrogens with zero attached hydrogens (tertiary/aromatic N) is 2. The number of carboxylic acid groups (broad SMARTS) is 1.